The Bertz CT molecular complexity index is 572. The summed E-state index contributed by atoms with van der Waals surface area (Å²) in [4.78, 5) is 26.5. The number of fused-ring (bicyclic) bond motifs is 1. The summed E-state index contributed by atoms with van der Waals surface area (Å²) in [6.45, 7) is 1.56. The van der Waals surface area contributed by atoms with Crippen molar-refractivity contribution in [2.45, 2.75) is 13.5 Å². The molecule has 1 aromatic heterocycles. The minimum absolute atomic E-state index is 0.0477. The fourth-order valence-corrected chi connectivity index (χ4v) is 1.50. The van der Waals surface area contributed by atoms with Crippen molar-refractivity contribution < 1.29 is 4.79 Å². The third kappa shape index (κ3) is 1.79. The van der Waals surface area contributed by atoms with Gasteiger partial charge in [0.25, 0.3) is 5.56 Å². The maximum atomic E-state index is 11.5. The Morgan fingerprint density at radius 3 is 2.87 bits per heavy atom. The molecule has 0 spiro atoms. The number of Topliss-reactive ketones (excluding diaryl/α,β-unsaturated/α-hetero) is 1. The van der Waals surface area contributed by atoms with Crippen LogP contribution in [0.2, 0.25) is 0 Å². The van der Waals surface area contributed by atoms with Gasteiger partial charge in [0.05, 0.1) is 23.8 Å². The molecule has 0 aliphatic carbocycles. The highest BCUT2D eigenvalue weighted by atomic mass is 16.1. The van der Waals surface area contributed by atoms with Crippen LogP contribution in [-0.4, -0.2) is 15.3 Å². The van der Waals surface area contributed by atoms with E-state index >= 15 is 0 Å². The fraction of sp³-hybridized carbons (Fsp3) is 0.182. The van der Waals surface area contributed by atoms with Gasteiger partial charge in [0, 0.05) is 0 Å². The zero-order valence-electron chi connectivity index (χ0n) is 8.30. The lowest BCUT2D eigenvalue weighted by Gasteiger charge is -2.06. The predicted octanol–water partition coefficient (Wildman–Crippen LogP) is 0.985. The second-order valence-electron chi connectivity index (χ2n) is 3.37. The molecule has 0 bridgehead atoms. The molecule has 0 atom stereocenters. The van der Waals surface area contributed by atoms with E-state index < -0.39 is 0 Å². The van der Waals surface area contributed by atoms with Gasteiger partial charge in [-0.1, -0.05) is 12.1 Å². The van der Waals surface area contributed by atoms with Crippen LogP contribution < -0.4 is 5.56 Å². The van der Waals surface area contributed by atoms with Crippen LogP contribution >= 0.6 is 0 Å². The van der Waals surface area contributed by atoms with Gasteiger partial charge < -0.3 is 0 Å². The van der Waals surface area contributed by atoms with Gasteiger partial charge in [0.1, 0.15) is 5.78 Å². The highest BCUT2D eigenvalue weighted by Gasteiger charge is 2.04. The van der Waals surface area contributed by atoms with Crippen molar-refractivity contribution in [2.75, 3.05) is 0 Å². The molecule has 0 amide bonds. The lowest BCUT2D eigenvalue weighted by Crippen LogP contribution is -2.23. The Balaban J connectivity index is 2.74. The normalized spacial score (nSPS) is 10.5. The van der Waals surface area contributed by atoms with Crippen LogP contribution in [0.4, 0.5) is 0 Å². The molecular weight excluding hydrogens is 192 g/mol. The van der Waals surface area contributed by atoms with E-state index in [-0.39, 0.29) is 17.9 Å². The van der Waals surface area contributed by atoms with Gasteiger partial charge in [-0.15, -0.1) is 0 Å². The summed E-state index contributed by atoms with van der Waals surface area (Å²) in [5, 5.41) is 0. The first-order valence-corrected chi connectivity index (χ1v) is 4.62. The second kappa shape index (κ2) is 3.65. The van der Waals surface area contributed by atoms with Crippen molar-refractivity contribution in [1.29, 1.82) is 0 Å². The number of ketones is 1. The molecule has 0 saturated carbocycles. The summed E-state index contributed by atoms with van der Waals surface area (Å²) in [5.74, 6) is -0.0477. The number of aromatic nitrogens is 2. The first-order chi connectivity index (χ1) is 7.18. The predicted molar refractivity (Wildman–Crippen MR) is 56.7 cm³/mol. The van der Waals surface area contributed by atoms with E-state index in [2.05, 4.69) is 4.98 Å². The maximum Gasteiger partial charge on any atom is 0.269 e. The average molecular weight is 202 g/mol. The zero-order chi connectivity index (χ0) is 10.8. The van der Waals surface area contributed by atoms with Crippen LogP contribution in [0.15, 0.2) is 35.3 Å². The van der Waals surface area contributed by atoms with E-state index in [1.54, 1.807) is 6.07 Å². The van der Waals surface area contributed by atoms with Gasteiger partial charge in [-0.25, -0.2) is 4.98 Å². The van der Waals surface area contributed by atoms with Crippen LogP contribution in [0, 0.1) is 0 Å². The Hall–Kier alpha value is -1.97. The molecule has 1 heterocycles. The lowest BCUT2D eigenvalue weighted by atomic mass is 10.3. The van der Waals surface area contributed by atoms with Gasteiger partial charge in [-0.05, 0) is 19.1 Å². The molecule has 0 radical (unpaired) electrons. The van der Waals surface area contributed by atoms with Crippen molar-refractivity contribution in [3.05, 3.63) is 40.8 Å². The summed E-state index contributed by atoms with van der Waals surface area (Å²) in [7, 11) is 0. The van der Waals surface area contributed by atoms with E-state index in [0.717, 1.165) is 5.52 Å². The topological polar surface area (TPSA) is 52.0 Å². The molecule has 0 N–H and O–H groups in total. The third-order valence-corrected chi connectivity index (χ3v) is 2.13. The molecule has 0 aliphatic rings. The smallest absolute Gasteiger partial charge is 0.269 e. The number of carbonyl (C=O) groups is 1. The Labute approximate surface area is 86.2 Å². The van der Waals surface area contributed by atoms with Crippen molar-refractivity contribution in [3.63, 3.8) is 0 Å². The number of hydrogen-bond donors (Lipinski definition) is 0. The third-order valence-electron chi connectivity index (χ3n) is 2.13. The van der Waals surface area contributed by atoms with Gasteiger partial charge in [-0.3, -0.25) is 14.2 Å². The van der Waals surface area contributed by atoms with Gasteiger partial charge in [-0.2, -0.15) is 0 Å². The average Bonchev–Trinajstić information content (AvgIpc) is 2.22. The molecule has 4 heteroatoms. The van der Waals surface area contributed by atoms with Crippen molar-refractivity contribution >= 4 is 16.8 Å². The molecule has 4 nitrogen and oxygen atoms in total. The van der Waals surface area contributed by atoms with Crippen molar-refractivity contribution in [3.8, 4) is 0 Å². The van der Waals surface area contributed by atoms with Crippen molar-refractivity contribution in [1.82, 2.24) is 9.55 Å². The fourth-order valence-electron chi connectivity index (χ4n) is 1.50. The highest BCUT2D eigenvalue weighted by Crippen LogP contribution is 2.07. The SMILES string of the molecule is CC(=O)Cn1c(=O)cnc2ccccc21. The molecular formula is C11H10N2O2. The van der Waals surface area contributed by atoms with E-state index in [4.69, 9.17) is 0 Å². The minimum Gasteiger partial charge on any atom is -0.298 e. The van der Waals surface area contributed by atoms with E-state index in [0.29, 0.717) is 5.52 Å². The molecule has 0 unspecified atom stereocenters. The first kappa shape index (κ1) is 9.58. The number of benzene rings is 1. The largest absolute Gasteiger partial charge is 0.298 e. The Morgan fingerprint density at radius 1 is 1.40 bits per heavy atom. The standard InChI is InChI=1S/C11H10N2O2/c1-8(14)7-13-10-5-3-2-4-9(10)12-6-11(13)15/h2-6H,7H2,1H3. The van der Waals surface area contributed by atoms with Crippen LogP contribution in [0.5, 0.6) is 0 Å². The quantitative estimate of drug-likeness (QED) is 0.729. The number of carbonyl (C=O) groups excluding carboxylic acids is 1. The van der Waals surface area contributed by atoms with Crippen molar-refractivity contribution in [2.24, 2.45) is 0 Å². The molecule has 76 valence electrons. The van der Waals surface area contributed by atoms with E-state index in [1.807, 2.05) is 18.2 Å². The van der Waals surface area contributed by atoms with Gasteiger partial charge >= 0.3 is 0 Å². The van der Waals surface area contributed by atoms with Crippen LogP contribution in [0.1, 0.15) is 6.92 Å². The van der Waals surface area contributed by atoms with E-state index in [9.17, 15) is 9.59 Å². The van der Waals surface area contributed by atoms with Crippen LogP contribution in [0.25, 0.3) is 11.0 Å². The summed E-state index contributed by atoms with van der Waals surface area (Å²) < 4.78 is 1.44. The van der Waals surface area contributed by atoms with Crippen LogP contribution in [-0.2, 0) is 11.3 Å². The zero-order valence-corrected chi connectivity index (χ0v) is 8.30. The monoisotopic (exact) mass is 202 g/mol. The second-order valence-corrected chi connectivity index (χ2v) is 3.37. The highest BCUT2D eigenvalue weighted by molar-refractivity contribution is 5.79. The molecule has 0 saturated heterocycles. The summed E-state index contributed by atoms with van der Waals surface area (Å²) in [6.07, 6.45) is 1.24. The Morgan fingerprint density at radius 2 is 2.13 bits per heavy atom. The number of rotatable bonds is 2. The maximum absolute atomic E-state index is 11.5. The number of nitrogens with zero attached hydrogens (tertiary/aromatic N) is 2. The Kier molecular flexibility index (Phi) is 2.33. The molecule has 2 aromatic rings. The molecule has 0 fully saturated rings. The lowest BCUT2D eigenvalue weighted by molar-refractivity contribution is -0.117. The minimum atomic E-state index is -0.246. The number of para-hydroxylation sites is 2. The van der Waals surface area contributed by atoms with Gasteiger partial charge in [0.2, 0.25) is 0 Å². The summed E-state index contributed by atoms with van der Waals surface area (Å²) in [5.41, 5.74) is 1.17. The van der Waals surface area contributed by atoms with E-state index in [1.165, 1.54) is 17.7 Å². The van der Waals surface area contributed by atoms with Crippen LogP contribution in [0.3, 0.4) is 0 Å². The summed E-state index contributed by atoms with van der Waals surface area (Å²) in [6, 6.07) is 7.26. The van der Waals surface area contributed by atoms with Gasteiger partial charge in [0.15, 0.2) is 0 Å². The summed E-state index contributed by atoms with van der Waals surface area (Å²) >= 11 is 0. The number of hydrogen-bond acceptors (Lipinski definition) is 3. The molecule has 1 aromatic carbocycles. The molecule has 2 rings (SSSR count). The first-order valence-electron chi connectivity index (χ1n) is 4.62. The molecule has 0 aliphatic heterocycles. The molecule has 15 heavy (non-hydrogen) atoms.